The Kier molecular flexibility index (Phi) is 4.63. The molecule has 0 saturated carbocycles. The van der Waals surface area contributed by atoms with Crippen LogP contribution in [0.4, 0.5) is 26.3 Å². The molecule has 11 heteroatoms. The van der Waals surface area contributed by atoms with Gasteiger partial charge in [-0.05, 0) is 6.42 Å². The number of aliphatic hydroxyl groups is 1. The Labute approximate surface area is 107 Å². The van der Waals surface area contributed by atoms with Gasteiger partial charge in [-0.15, -0.1) is 10.2 Å². The second kappa shape index (κ2) is 5.69. The molecule has 1 N–H and O–H groups in total. The average molecular weight is 303 g/mol. The fourth-order valence-corrected chi connectivity index (χ4v) is 1.18. The zero-order valence-electron chi connectivity index (χ0n) is 9.59. The number of ketones is 1. The van der Waals surface area contributed by atoms with Crippen molar-refractivity contribution in [3.8, 4) is 0 Å². The predicted octanol–water partition coefficient (Wildman–Crippen LogP) is 1.86. The van der Waals surface area contributed by atoms with Crippen LogP contribution in [0.3, 0.4) is 0 Å². The number of hydrogen-bond donors (Lipinski definition) is 1. The van der Waals surface area contributed by atoms with Crippen LogP contribution in [0.1, 0.15) is 34.8 Å². The topological polar surface area (TPSA) is 76.0 Å². The minimum Gasteiger partial charge on any atom is -0.396 e. The van der Waals surface area contributed by atoms with Crippen LogP contribution in [0.15, 0.2) is 0 Å². The van der Waals surface area contributed by atoms with Gasteiger partial charge in [-0.2, -0.15) is 26.3 Å². The molecule has 0 saturated heterocycles. The first kappa shape index (κ1) is 16.3. The monoisotopic (exact) mass is 303 g/mol. The average Bonchev–Trinajstić information content (AvgIpc) is 2.33. The maximum Gasteiger partial charge on any atom is 0.437 e. The van der Waals surface area contributed by atoms with Gasteiger partial charge < -0.3 is 5.11 Å². The van der Waals surface area contributed by atoms with Crippen molar-refractivity contribution in [1.82, 2.24) is 15.2 Å². The number of halogens is 6. The SMILES string of the molecule is O=C(CCCO)c1nnc(C(F)(F)F)c(C(F)(F)F)n1. The molecule has 1 aromatic heterocycles. The van der Waals surface area contributed by atoms with Crippen LogP contribution < -0.4 is 0 Å². The quantitative estimate of drug-likeness (QED) is 0.679. The van der Waals surface area contributed by atoms with Crippen molar-refractivity contribution in [3.05, 3.63) is 17.2 Å². The molecule has 0 fully saturated rings. The second-order valence-corrected chi connectivity index (χ2v) is 3.58. The van der Waals surface area contributed by atoms with Crippen LogP contribution in [-0.4, -0.2) is 32.7 Å². The van der Waals surface area contributed by atoms with Crippen molar-refractivity contribution in [3.63, 3.8) is 0 Å². The molecule has 1 aromatic rings. The van der Waals surface area contributed by atoms with Gasteiger partial charge in [0.05, 0.1) is 0 Å². The third-order valence-corrected chi connectivity index (χ3v) is 2.04. The number of hydrogen-bond acceptors (Lipinski definition) is 5. The summed E-state index contributed by atoms with van der Waals surface area (Å²) in [6, 6.07) is 0. The van der Waals surface area contributed by atoms with Crippen molar-refractivity contribution in [1.29, 1.82) is 0 Å². The highest BCUT2D eigenvalue weighted by molar-refractivity contribution is 5.92. The van der Waals surface area contributed by atoms with Gasteiger partial charge in [-0.25, -0.2) is 4.98 Å². The summed E-state index contributed by atoms with van der Waals surface area (Å²) in [5, 5.41) is 13.6. The lowest BCUT2D eigenvalue weighted by atomic mass is 10.2. The van der Waals surface area contributed by atoms with Crippen LogP contribution in [-0.2, 0) is 12.4 Å². The molecule has 0 aliphatic rings. The standard InChI is InChI=1S/C9H7F6N3O2/c10-8(11,12)5-6(9(13,14)15)17-18-7(16-5)4(20)2-1-3-19/h19H,1-3H2. The highest BCUT2D eigenvalue weighted by Gasteiger charge is 2.47. The highest BCUT2D eigenvalue weighted by atomic mass is 19.4. The number of aromatic nitrogens is 3. The van der Waals surface area contributed by atoms with Gasteiger partial charge in [-0.1, -0.05) is 0 Å². The summed E-state index contributed by atoms with van der Waals surface area (Å²) in [7, 11) is 0. The number of aliphatic hydroxyl groups excluding tert-OH is 1. The first-order valence-electron chi connectivity index (χ1n) is 5.10. The molecule has 5 nitrogen and oxygen atoms in total. The summed E-state index contributed by atoms with van der Waals surface area (Å²) in [4.78, 5) is 13.9. The molecule has 112 valence electrons. The van der Waals surface area contributed by atoms with Gasteiger partial charge in [0.15, 0.2) is 11.4 Å². The summed E-state index contributed by atoms with van der Waals surface area (Å²) in [5.41, 5.74) is -4.61. The summed E-state index contributed by atoms with van der Waals surface area (Å²) < 4.78 is 74.5. The maximum absolute atomic E-state index is 12.5. The van der Waals surface area contributed by atoms with Gasteiger partial charge in [0.25, 0.3) is 0 Å². The summed E-state index contributed by atoms with van der Waals surface area (Å²) >= 11 is 0. The first-order chi connectivity index (χ1) is 9.07. The molecule has 0 bridgehead atoms. The third kappa shape index (κ3) is 3.85. The smallest absolute Gasteiger partial charge is 0.396 e. The van der Waals surface area contributed by atoms with Gasteiger partial charge in [-0.3, -0.25) is 4.79 Å². The minimum absolute atomic E-state index is 0.0788. The lowest BCUT2D eigenvalue weighted by molar-refractivity contribution is -0.168. The molecule has 0 aromatic carbocycles. The Morgan fingerprint density at radius 3 is 2.00 bits per heavy atom. The Hall–Kier alpha value is -1.78. The number of rotatable bonds is 4. The molecular weight excluding hydrogens is 296 g/mol. The van der Waals surface area contributed by atoms with E-state index in [1.807, 2.05) is 0 Å². The molecule has 0 amide bonds. The molecule has 0 unspecified atom stereocenters. The fraction of sp³-hybridized carbons (Fsp3) is 0.556. The first-order valence-corrected chi connectivity index (χ1v) is 5.10. The van der Waals surface area contributed by atoms with Crippen molar-refractivity contribution >= 4 is 5.78 Å². The van der Waals surface area contributed by atoms with Crippen LogP contribution in [0.2, 0.25) is 0 Å². The molecule has 1 rings (SSSR count). The Morgan fingerprint density at radius 2 is 1.55 bits per heavy atom. The lowest BCUT2D eigenvalue weighted by Crippen LogP contribution is -2.24. The number of alkyl halides is 6. The molecule has 0 aliphatic heterocycles. The maximum atomic E-state index is 12.5. The molecule has 20 heavy (non-hydrogen) atoms. The molecule has 0 atom stereocenters. The van der Waals surface area contributed by atoms with Gasteiger partial charge in [0.2, 0.25) is 11.6 Å². The largest absolute Gasteiger partial charge is 0.437 e. The van der Waals surface area contributed by atoms with E-state index in [-0.39, 0.29) is 6.42 Å². The van der Waals surface area contributed by atoms with E-state index in [9.17, 15) is 31.1 Å². The number of carbonyl (C=O) groups excluding carboxylic acids is 1. The lowest BCUT2D eigenvalue weighted by Gasteiger charge is -2.12. The van der Waals surface area contributed by atoms with E-state index in [1.165, 1.54) is 0 Å². The van der Waals surface area contributed by atoms with Crippen molar-refractivity contribution < 1.29 is 36.2 Å². The van der Waals surface area contributed by atoms with E-state index in [0.29, 0.717) is 0 Å². The number of Topliss-reactive ketones (excluding diaryl/α,β-unsaturated/α-hetero) is 1. The van der Waals surface area contributed by atoms with E-state index >= 15 is 0 Å². The molecule has 0 spiro atoms. The third-order valence-electron chi connectivity index (χ3n) is 2.04. The Balaban J connectivity index is 3.25. The molecular formula is C9H7F6N3O2. The minimum atomic E-state index is -5.42. The molecule has 0 radical (unpaired) electrons. The van der Waals surface area contributed by atoms with E-state index in [1.54, 1.807) is 0 Å². The van der Waals surface area contributed by atoms with Crippen LogP contribution >= 0.6 is 0 Å². The zero-order valence-corrected chi connectivity index (χ0v) is 9.59. The van der Waals surface area contributed by atoms with Crippen LogP contribution in [0.25, 0.3) is 0 Å². The summed E-state index contributed by atoms with van der Waals surface area (Å²) in [6.07, 6.45) is -11.3. The van der Waals surface area contributed by atoms with Crippen molar-refractivity contribution in [2.24, 2.45) is 0 Å². The Morgan fingerprint density at radius 1 is 1.00 bits per heavy atom. The van der Waals surface area contributed by atoms with E-state index in [2.05, 4.69) is 15.2 Å². The predicted molar refractivity (Wildman–Crippen MR) is 50.5 cm³/mol. The summed E-state index contributed by atoms with van der Waals surface area (Å²) in [6.45, 7) is -0.411. The van der Waals surface area contributed by atoms with Gasteiger partial charge in [0.1, 0.15) is 0 Å². The fourth-order valence-electron chi connectivity index (χ4n) is 1.18. The van der Waals surface area contributed by atoms with Crippen LogP contribution in [0, 0.1) is 0 Å². The molecule has 1 heterocycles. The second-order valence-electron chi connectivity index (χ2n) is 3.58. The van der Waals surface area contributed by atoms with Crippen LogP contribution in [0.5, 0.6) is 0 Å². The zero-order chi connectivity index (χ0) is 15.6. The van der Waals surface area contributed by atoms with Gasteiger partial charge in [0, 0.05) is 13.0 Å². The van der Waals surface area contributed by atoms with E-state index in [0.717, 1.165) is 0 Å². The van der Waals surface area contributed by atoms with Gasteiger partial charge >= 0.3 is 12.4 Å². The van der Waals surface area contributed by atoms with E-state index < -0.39 is 48.4 Å². The highest BCUT2D eigenvalue weighted by Crippen LogP contribution is 2.37. The normalized spacial score (nSPS) is 12.6. The number of carbonyl (C=O) groups is 1. The molecule has 0 aliphatic carbocycles. The van der Waals surface area contributed by atoms with E-state index in [4.69, 9.17) is 5.11 Å². The van der Waals surface area contributed by atoms with Crippen molar-refractivity contribution in [2.45, 2.75) is 25.2 Å². The summed E-state index contributed by atoms with van der Waals surface area (Å²) in [5.74, 6) is -2.11. The van der Waals surface area contributed by atoms with Crippen molar-refractivity contribution in [2.75, 3.05) is 6.61 Å². The Bertz CT molecular complexity index is 499. The number of nitrogens with zero attached hydrogens (tertiary/aromatic N) is 3.